The van der Waals surface area contributed by atoms with Crippen molar-refractivity contribution in [3.8, 4) is 11.5 Å². The van der Waals surface area contributed by atoms with Crippen LogP contribution in [0, 0.1) is 0 Å². The zero-order valence-corrected chi connectivity index (χ0v) is 15.3. The van der Waals surface area contributed by atoms with E-state index in [2.05, 4.69) is 36.8 Å². The molecule has 0 unspecified atom stereocenters. The second-order valence-corrected chi connectivity index (χ2v) is 6.78. The van der Waals surface area contributed by atoms with E-state index in [0.717, 1.165) is 11.0 Å². The van der Waals surface area contributed by atoms with Crippen LogP contribution in [0.5, 0.6) is 11.5 Å². The molecule has 2 aromatic carbocycles. The Morgan fingerprint density at radius 3 is 2.61 bits per heavy atom. The molecule has 0 bridgehead atoms. The third-order valence-corrected chi connectivity index (χ3v) is 4.51. The highest BCUT2D eigenvalue weighted by molar-refractivity contribution is 9.11. The molecule has 0 spiro atoms. The Balaban J connectivity index is 1.94. The molecule has 3 rings (SSSR count). The van der Waals surface area contributed by atoms with Gasteiger partial charge in [-0.1, -0.05) is 0 Å². The number of aliphatic carboxylic acids is 1. The standard InChI is InChI=1S/C16H12Br2N2O3/c1-20-8-19-13-3-2-10(7-14(13)20)23-16-11(17)4-9(5-12(16)18)6-15(21)22/h2-5,7-8H,6H2,1H3,(H,21,22). The molecule has 1 N–H and O–H groups in total. The Labute approximate surface area is 149 Å². The van der Waals surface area contributed by atoms with Gasteiger partial charge in [0.2, 0.25) is 0 Å². The number of aromatic nitrogens is 2. The van der Waals surface area contributed by atoms with Gasteiger partial charge >= 0.3 is 5.97 Å². The van der Waals surface area contributed by atoms with E-state index in [9.17, 15) is 4.79 Å². The van der Waals surface area contributed by atoms with E-state index in [1.807, 2.05) is 29.8 Å². The van der Waals surface area contributed by atoms with Crippen molar-refractivity contribution in [2.24, 2.45) is 7.05 Å². The highest BCUT2D eigenvalue weighted by atomic mass is 79.9. The fourth-order valence-electron chi connectivity index (χ4n) is 2.27. The Morgan fingerprint density at radius 1 is 1.26 bits per heavy atom. The van der Waals surface area contributed by atoms with Gasteiger partial charge in [-0.2, -0.15) is 0 Å². The molecule has 5 nitrogen and oxygen atoms in total. The molecule has 7 heteroatoms. The normalized spacial score (nSPS) is 10.9. The lowest BCUT2D eigenvalue weighted by Crippen LogP contribution is -2.00. The van der Waals surface area contributed by atoms with Crippen LogP contribution in [0.4, 0.5) is 0 Å². The summed E-state index contributed by atoms with van der Waals surface area (Å²) in [4.78, 5) is 15.1. The number of hydrogen-bond donors (Lipinski definition) is 1. The van der Waals surface area contributed by atoms with Gasteiger partial charge in [0, 0.05) is 13.1 Å². The van der Waals surface area contributed by atoms with Gasteiger partial charge in [0.1, 0.15) is 5.75 Å². The SMILES string of the molecule is Cn1cnc2ccc(Oc3c(Br)cc(CC(=O)O)cc3Br)cc21. The Bertz CT molecular complexity index is 882. The third-order valence-electron chi connectivity index (χ3n) is 3.33. The summed E-state index contributed by atoms with van der Waals surface area (Å²) in [6, 6.07) is 9.14. The van der Waals surface area contributed by atoms with E-state index < -0.39 is 5.97 Å². The van der Waals surface area contributed by atoms with Crippen LogP contribution in [0.1, 0.15) is 5.56 Å². The van der Waals surface area contributed by atoms with Crippen LogP contribution in [0.2, 0.25) is 0 Å². The summed E-state index contributed by atoms with van der Waals surface area (Å²) < 4.78 is 9.25. The smallest absolute Gasteiger partial charge is 0.307 e. The van der Waals surface area contributed by atoms with E-state index in [0.29, 0.717) is 26.0 Å². The zero-order chi connectivity index (χ0) is 16.6. The Hall–Kier alpha value is -1.86. The quantitative estimate of drug-likeness (QED) is 0.649. The summed E-state index contributed by atoms with van der Waals surface area (Å²) in [5.41, 5.74) is 2.55. The molecule has 3 aromatic rings. The number of fused-ring (bicyclic) bond motifs is 1. The predicted molar refractivity (Wildman–Crippen MR) is 94.0 cm³/mol. The second kappa shape index (κ2) is 6.33. The van der Waals surface area contributed by atoms with Gasteiger partial charge in [-0.3, -0.25) is 4.79 Å². The topological polar surface area (TPSA) is 64.4 Å². The van der Waals surface area contributed by atoms with Crippen molar-refractivity contribution in [2.75, 3.05) is 0 Å². The molecule has 0 radical (unpaired) electrons. The minimum absolute atomic E-state index is 0.0432. The maximum absolute atomic E-state index is 10.8. The number of aryl methyl sites for hydroxylation is 1. The summed E-state index contributed by atoms with van der Waals surface area (Å²) in [5.74, 6) is 0.397. The molecule has 23 heavy (non-hydrogen) atoms. The van der Waals surface area contributed by atoms with Crippen molar-refractivity contribution in [3.05, 3.63) is 51.2 Å². The van der Waals surface area contributed by atoms with Crippen molar-refractivity contribution in [1.82, 2.24) is 9.55 Å². The average Bonchev–Trinajstić information content (AvgIpc) is 2.83. The predicted octanol–water partition coefficient (Wildman–Crippen LogP) is 4.52. The number of carboxylic acids is 1. The number of halogens is 2. The molecule has 0 fully saturated rings. The van der Waals surface area contributed by atoms with E-state index in [-0.39, 0.29) is 6.42 Å². The largest absolute Gasteiger partial charge is 0.481 e. The van der Waals surface area contributed by atoms with Gasteiger partial charge in [0.05, 0.1) is 32.7 Å². The number of carboxylic acid groups (broad SMARTS) is 1. The van der Waals surface area contributed by atoms with Gasteiger partial charge < -0.3 is 14.4 Å². The minimum Gasteiger partial charge on any atom is -0.481 e. The number of imidazole rings is 1. The Morgan fingerprint density at radius 2 is 1.96 bits per heavy atom. The van der Waals surface area contributed by atoms with E-state index in [1.54, 1.807) is 18.5 Å². The van der Waals surface area contributed by atoms with E-state index >= 15 is 0 Å². The van der Waals surface area contributed by atoms with Crippen LogP contribution in [0.3, 0.4) is 0 Å². The molecular formula is C16H12Br2N2O3. The molecular weight excluding hydrogens is 428 g/mol. The first-order chi connectivity index (χ1) is 10.9. The van der Waals surface area contributed by atoms with Crippen molar-refractivity contribution < 1.29 is 14.6 Å². The van der Waals surface area contributed by atoms with Crippen LogP contribution >= 0.6 is 31.9 Å². The molecule has 0 atom stereocenters. The molecule has 0 aliphatic heterocycles. The summed E-state index contributed by atoms with van der Waals surface area (Å²) in [5, 5.41) is 8.89. The second-order valence-electron chi connectivity index (χ2n) is 5.07. The number of ether oxygens (including phenoxy) is 1. The summed E-state index contributed by atoms with van der Waals surface area (Å²) in [7, 11) is 1.92. The van der Waals surface area contributed by atoms with Crippen LogP contribution in [-0.4, -0.2) is 20.6 Å². The van der Waals surface area contributed by atoms with Crippen molar-refractivity contribution in [3.63, 3.8) is 0 Å². The highest BCUT2D eigenvalue weighted by Gasteiger charge is 2.12. The molecule has 0 aliphatic rings. The van der Waals surface area contributed by atoms with Crippen molar-refractivity contribution in [1.29, 1.82) is 0 Å². The minimum atomic E-state index is -0.876. The summed E-state index contributed by atoms with van der Waals surface area (Å²) >= 11 is 6.87. The van der Waals surface area contributed by atoms with Crippen LogP contribution in [0.15, 0.2) is 45.6 Å². The number of benzene rings is 2. The molecule has 0 amide bonds. The number of hydrogen-bond acceptors (Lipinski definition) is 3. The fourth-order valence-corrected chi connectivity index (χ4v) is 3.72. The maximum Gasteiger partial charge on any atom is 0.307 e. The average molecular weight is 440 g/mol. The molecule has 0 saturated carbocycles. The van der Waals surface area contributed by atoms with Gasteiger partial charge in [0.15, 0.2) is 5.75 Å². The lowest BCUT2D eigenvalue weighted by Gasteiger charge is -2.12. The monoisotopic (exact) mass is 438 g/mol. The molecule has 0 aliphatic carbocycles. The maximum atomic E-state index is 10.8. The van der Waals surface area contributed by atoms with Gasteiger partial charge in [-0.25, -0.2) is 4.98 Å². The van der Waals surface area contributed by atoms with Crippen molar-refractivity contribution >= 4 is 48.9 Å². The molecule has 118 valence electrons. The first kappa shape index (κ1) is 16.0. The molecule has 1 aromatic heterocycles. The first-order valence-electron chi connectivity index (χ1n) is 6.72. The van der Waals surface area contributed by atoms with Gasteiger partial charge in [0.25, 0.3) is 0 Å². The highest BCUT2D eigenvalue weighted by Crippen LogP contribution is 2.38. The van der Waals surface area contributed by atoms with Crippen LogP contribution in [0.25, 0.3) is 11.0 Å². The number of nitrogens with zero attached hydrogens (tertiary/aromatic N) is 2. The summed E-state index contributed by atoms with van der Waals surface area (Å²) in [6.45, 7) is 0. The number of carbonyl (C=O) groups is 1. The van der Waals surface area contributed by atoms with Gasteiger partial charge in [-0.05, 0) is 61.7 Å². The Kier molecular flexibility index (Phi) is 4.41. The molecule has 0 saturated heterocycles. The number of rotatable bonds is 4. The first-order valence-corrected chi connectivity index (χ1v) is 8.31. The van der Waals surface area contributed by atoms with Gasteiger partial charge in [-0.15, -0.1) is 0 Å². The van der Waals surface area contributed by atoms with E-state index in [1.165, 1.54) is 0 Å². The fraction of sp³-hybridized carbons (Fsp3) is 0.125. The van der Waals surface area contributed by atoms with Crippen LogP contribution in [-0.2, 0) is 18.3 Å². The van der Waals surface area contributed by atoms with E-state index in [4.69, 9.17) is 9.84 Å². The zero-order valence-electron chi connectivity index (χ0n) is 12.1. The van der Waals surface area contributed by atoms with Crippen molar-refractivity contribution in [2.45, 2.75) is 6.42 Å². The summed E-state index contributed by atoms with van der Waals surface area (Å²) in [6.07, 6.45) is 1.71. The lowest BCUT2D eigenvalue weighted by molar-refractivity contribution is -0.136. The molecule has 1 heterocycles. The third kappa shape index (κ3) is 3.40. The van der Waals surface area contributed by atoms with Crippen LogP contribution < -0.4 is 4.74 Å². The lowest BCUT2D eigenvalue weighted by atomic mass is 10.1.